The van der Waals surface area contributed by atoms with E-state index in [4.69, 9.17) is 0 Å². The van der Waals surface area contributed by atoms with E-state index in [9.17, 15) is 35.1 Å². The number of piperidine rings is 1. The molecule has 1 heterocycles. The maximum Gasteiger partial charge on any atom is 0.447 e. The Balaban J connectivity index is 0.00000172. The van der Waals surface area contributed by atoms with Gasteiger partial charge in [0.2, 0.25) is 5.95 Å². The Morgan fingerprint density at radius 1 is 0.900 bits per heavy atom. The Hall–Kier alpha value is -1.02. The predicted octanol–water partition coefficient (Wildman–Crippen LogP) is 4.96. The first-order valence-electron chi connectivity index (χ1n) is 5.97. The molecular formula is C11H15F8N. The van der Waals surface area contributed by atoms with E-state index < -0.39 is 56.0 Å². The summed E-state index contributed by atoms with van der Waals surface area (Å²) in [5.74, 6) is -6.74. The average Bonchev–Trinajstić information content (AvgIpc) is 2.37. The van der Waals surface area contributed by atoms with E-state index in [2.05, 4.69) is 0 Å². The zero-order valence-corrected chi connectivity index (χ0v) is 10.9. The second kappa shape index (κ2) is 7.12. The number of likely N-dealkylation sites (tertiary alicyclic amines) is 1. The Labute approximate surface area is 111 Å². The third-order valence-corrected chi connectivity index (χ3v) is 2.67. The lowest BCUT2D eigenvalue weighted by atomic mass is 9.96. The molecule has 0 aromatic carbocycles. The molecule has 1 nitrogen and oxygen atoms in total. The molecule has 0 amide bonds. The van der Waals surface area contributed by atoms with E-state index >= 15 is 0 Å². The van der Waals surface area contributed by atoms with Crippen LogP contribution < -0.4 is 0 Å². The van der Waals surface area contributed by atoms with Gasteiger partial charge in [-0.3, -0.25) is 0 Å². The largest absolute Gasteiger partial charge is 0.447 e. The normalized spacial score (nSPS) is 19.2. The van der Waals surface area contributed by atoms with Crippen molar-refractivity contribution >= 4 is 0 Å². The van der Waals surface area contributed by atoms with Gasteiger partial charge in [-0.15, -0.1) is 0 Å². The number of rotatable bonds is 1. The molecule has 20 heavy (non-hydrogen) atoms. The van der Waals surface area contributed by atoms with Crippen molar-refractivity contribution in [2.45, 2.75) is 39.0 Å². The fourth-order valence-corrected chi connectivity index (χ4v) is 1.66. The highest BCUT2D eigenvalue weighted by Crippen LogP contribution is 2.37. The van der Waals surface area contributed by atoms with Gasteiger partial charge in [0.25, 0.3) is 5.83 Å². The van der Waals surface area contributed by atoms with Gasteiger partial charge in [0, 0.05) is 13.1 Å². The van der Waals surface area contributed by atoms with Gasteiger partial charge in [-0.25, -0.2) is 0 Å². The van der Waals surface area contributed by atoms with Crippen LogP contribution in [0.1, 0.15) is 26.7 Å². The fraction of sp³-hybridized carbons (Fsp3) is 0.818. The summed E-state index contributed by atoms with van der Waals surface area (Å²) in [6.45, 7) is 2.80. The van der Waals surface area contributed by atoms with E-state index in [0.29, 0.717) is 4.90 Å². The first-order valence-corrected chi connectivity index (χ1v) is 5.97. The number of nitrogens with zero attached hydrogens (tertiary/aromatic N) is 1. The molecule has 0 saturated carbocycles. The van der Waals surface area contributed by atoms with E-state index in [1.54, 1.807) is 0 Å². The molecule has 0 bridgehead atoms. The van der Waals surface area contributed by atoms with Crippen molar-refractivity contribution in [3.8, 4) is 0 Å². The average molecular weight is 313 g/mol. The van der Waals surface area contributed by atoms with Crippen LogP contribution in [0.25, 0.3) is 0 Å². The first kappa shape index (κ1) is 19.0. The van der Waals surface area contributed by atoms with Gasteiger partial charge in [0.1, 0.15) is 0 Å². The summed E-state index contributed by atoms with van der Waals surface area (Å²) in [4.78, 5) is 0.338. The minimum absolute atomic E-state index is 0.338. The summed E-state index contributed by atoms with van der Waals surface area (Å²) in [5, 5.41) is 0. The van der Waals surface area contributed by atoms with Crippen molar-refractivity contribution in [1.82, 2.24) is 4.90 Å². The molecule has 0 atom stereocenters. The van der Waals surface area contributed by atoms with Crippen LogP contribution in [0.2, 0.25) is 0 Å². The summed E-state index contributed by atoms with van der Waals surface area (Å²) < 4.78 is 97.8. The van der Waals surface area contributed by atoms with Gasteiger partial charge in [-0.05, 0) is 12.8 Å². The SMILES string of the molecule is CC.F/C(=C(/F)C(F)(F)F)N1CCC(C(F)(F)F)CC1. The van der Waals surface area contributed by atoms with Crippen LogP contribution in [0.3, 0.4) is 0 Å². The molecule has 1 aliphatic rings. The topological polar surface area (TPSA) is 3.24 Å². The lowest BCUT2D eigenvalue weighted by Gasteiger charge is -2.33. The summed E-state index contributed by atoms with van der Waals surface area (Å²) in [6, 6.07) is 0. The lowest BCUT2D eigenvalue weighted by molar-refractivity contribution is -0.185. The van der Waals surface area contributed by atoms with Crippen molar-refractivity contribution in [1.29, 1.82) is 0 Å². The molecule has 0 spiro atoms. The molecule has 1 rings (SSSR count). The third-order valence-electron chi connectivity index (χ3n) is 2.67. The van der Waals surface area contributed by atoms with Gasteiger partial charge in [0.05, 0.1) is 5.92 Å². The van der Waals surface area contributed by atoms with Crippen LogP contribution in [0.15, 0.2) is 11.8 Å². The van der Waals surface area contributed by atoms with Gasteiger partial charge in [-0.1, -0.05) is 13.8 Å². The van der Waals surface area contributed by atoms with Crippen LogP contribution in [0.4, 0.5) is 35.1 Å². The summed E-state index contributed by atoms with van der Waals surface area (Å²) in [6.07, 6.45) is -11.0. The number of alkyl halides is 6. The van der Waals surface area contributed by atoms with Crippen LogP contribution in [-0.2, 0) is 0 Å². The van der Waals surface area contributed by atoms with Gasteiger partial charge in [-0.2, -0.15) is 35.1 Å². The number of hydrogen-bond donors (Lipinski definition) is 0. The van der Waals surface area contributed by atoms with Crippen LogP contribution in [0.5, 0.6) is 0 Å². The van der Waals surface area contributed by atoms with Crippen molar-refractivity contribution in [3.63, 3.8) is 0 Å². The third kappa shape index (κ3) is 5.16. The molecule has 0 N–H and O–H groups in total. The van der Waals surface area contributed by atoms with Crippen LogP contribution in [0, 0.1) is 5.92 Å². The maximum absolute atomic E-state index is 13.0. The Morgan fingerprint density at radius 2 is 1.30 bits per heavy atom. The van der Waals surface area contributed by atoms with E-state index in [1.165, 1.54) is 0 Å². The van der Waals surface area contributed by atoms with Crippen molar-refractivity contribution in [2.24, 2.45) is 5.92 Å². The molecule has 120 valence electrons. The molecule has 1 saturated heterocycles. The second-order valence-corrected chi connectivity index (χ2v) is 3.91. The summed E-state index contributed by atoms with van der Waals surface area (Å²) in [5.41, 5.74) is 0. The molecule has 0 aliphatic carbocycles. The van der Waals surface area contributed by atoms with Crippen molar-refractivity contribution in [2.75, 3.05) is 13.1 Å². The smallest absolute Gasteiger partial charge is 0.346 e. The highest BCUT2D eigenvalue weighted by atomic mass is 19.4. The fourth-order valence-electron chi connectivity index (χ4n) is 1.66. The predicted molar refractivity (Wildman–Crippen MR) is 57.0 cm³/mol. The van der Waals surface area contributed by atoms with Crippen LogP contribution >= 0.6 is 0 Å². The lowest BCUT2D eigenvalue weighted by Crippen LogP contribution is -2.38. The highest BCUT2D eigenvalue weighted by Gasteiger charge is 2.44. The minimum Gasteiger partial charge on any atom is -0.346 e. The number of halogens is 8. The Bertz CT molecular complexity index is 322. The Kier molecular flexibility index (Phi) is 6.76. The second-order valence-electron chi connectivity index (χ2n) is 3.91. The Morgan fingerprint density at radius 3 is 1.60 bits per heavy atom. The molecule has 0 aromatic heterocycles. The summed E-state index contributed by atoms with van der Waals surface area (Å²) in [7, 11) is 0. The molecule has 0 aromatic rings. The van der Waals surface area contributed by atoms with Crippen molar-refractivity contribution in [3.05, 3.63) is 11.8 Å². The molecule has 0 radical (unpaired) electrons. The quantitative estimate of drug-likeness (QED) is 0.489. The monoisotopic (exact) mass is 313 g/mol. The highest BCUT2D eigenvalue weighted by molar-refractivity contribution is 5.06. The summed E-state index contributed by atoms with van der Waals surface area (Å²) >= 11 is 0. The van der Waals surface area contributed by atoms with Gasteiger partial charge < -0.3 is 4.90 Å². The van der Waals surface area contributed by atoms with Crippen LogP contribution in [-0.4, -0.2) is 30.3 Å². The number of hydrogen-bond acceptors (Lipinski definition) is 1. The van der Waals surface area contributed by atoms with Gasteiger partial charge >= 0.3 is 12.4 Å². The van der Waals surface area contributed by atoms with E-state index in [-0.39, 0.29) is 0 Å². The molecule has 1 aliphatic heterocycles. The number of allylic oxidation sites excluding steroid dienone is 1. The van der Waals surface area contributed by atoms with E-state index in [0.717, 1.165) is 0 Å². The molecular weight excluding hydrogens is 298 g/mol. The van der Waals surface area contributed by atoms with Gasteiger partial charge in [0.15, 0.2) is 0 Å². The molecule has 1 fully saturated rings. The van der Waals surface area contributed by atoms with Crippen molar-refractivity contribution < 1.29 is 35.1 Å². The molecule has 0 unspecified atom stereocenters. The zero-order valence-electron chi connectivity index (χ0n) is 10.9. The molecule has 9 heteroatoms. The standard InChI is InChI=1S/C9H9F8N.C2H6/c10-6(9(15,16)17)7(11)18-3-1-5(2-4-18)8(12,13)14;1-2/h5H,1-4H2;1-2H3/b7-6-;. The van der Waals surface area contributed by atoms with E-state index in [1.807, 2.05) is 13.8 Å². The zero-order chi connectivity index (χ0) is 16.1. The maximum atomic E-state index is 13.0. The minimum atomic E-state index is -5.47. The first-order chi connectivity index (χ1) is 9.03.